The van der Waals surface area contributed by atoms with Crippen LogP contribution in [0, 0.1) is 25.1 Å². The zero-order valence-corrected chi connectivity index (χ0v) is 17.9. The van der Waals surface area contributed by atoms with Crippen molar-refractivity contribution in [3.05, 3.63) is 46.0 Å². The Morgan fingerprint density at radius 3 is 2.64 bits per heavy atom. The van der Waals surface area contributed by atoms with Crippen molar-refractivity contribution >= 4 is 55.1 Å². The van der Waals surface area contributed by atoms with Crippen LogP contribution in [-0.2, 0) is 11.3 Å². The molecule has 8 heteroatoms. The second-order valence-electron chi connectivity index (χ2n) is 6.57. The zero-order chi connectivity index (χ0) is 18.6. The highest BCUT2D eigenvalue weighted by molar-refractivity contribution is 9.25. The third-order valence-corrected chi connectivity index (χ3v) is 7.41. The van der Waals surface area contributed by atoms with Crippen LogP contribution in [0.2, 0.25) is 5.02 Å². The van der Waals surface area contributed by atoms with Crippen LogP contribution in [-0.4, -0.2) is 18.9 Å². The average molecular weight is 494 g/mol. The van der Waals surface area contributed by atoms with Gasteiger partial charge >= 0.3 is 0 Å². The zero-order valence-electron chi connectivity index (χ0n) is 14.0. The van der Waals surface area contributed by atoms with Crippen molar-refractivity contribution in [2.24, 2.45) is 5.41 Å². The van der Waals surface area contributed by atoms with Crippen molar-refractivity contribution in [2.45, 2.75) is 37.0 Å². The fraction of sp³-hybridized carbons (Fsp3) is 0.412. The summed E-state index contributed by atoms with van der Waals surface area (Å²) in [6, 6.07) is 4.58. The van der Waals surface area contributed by atoms with Gasteiger partial charge in [-0.25, -0.2) is 4.39 Å². The number of hydrogen-bond donors (Lipinski definition) is 1. The molecule has 1 fully saturated rings. The van der Waals surface area contributed by atoms with E-state index in [1.54, 1.807) is 16.8 Å². The Kier molecular flexibility index (Phi) is 4.79. The number of alkyl halides is 2. The largest absolute Gasteiger partial charge is 0.322 e. The summed E-state index contributed by atoms with van der Waals surface area (Å²) in [5, 5.41) is 7.75. The number of aryl methyl sites for hydroxylation is 1. The predicted molar refractivity (Wildman–Crippen MR) is 104 cm³/mol. The first-order valence-electron chi connectivity index (χ1n) is 7.73. The van der Waals surface area contributed by atoms with Gasteiger partial charge in [0.25, 0.3) is 0 Å². The molecule has 1 heterocycles. The Morgan fingerprint density at radius 1 is 1.44 bits per heavy atom. The van der Waals surface area contributed by atoms with Crippen LogP contribution in [0.5, 0.6) is 0 Å². The van der Waals surface area contributed by atoms with Crippen LogP contribution in [0.25, 0.3) is 0 Å². The molecule has 0 saturated heterocycles. The summed E-state index contributed by atoms with van der Waals surface area (Å²) in [6.07, 6.45) is 0.697. The van der Waals surface area contributed by atoms with Gasteiger partial charge in [0.1, 0.15) is 5.82 Å². The summed E-state index contributed by atoms with van der Waals surface area (Å²) in [5.41, 5.74) is 1.94. The molecule has 0 bridgehead atoms. The summed E-state index contributed by atoms with van der Waals surface area (Å²) in [5.74, 6) is -0.463. The molecule has 0 radical (unpaired) electrons. The van der Waals surface area contributed by atoms with Crippen molar-refractivity contribution in [3.63, 3.8) is 0 Å². The Hall–Kier alpha value is -0.920. The molecule has 25 heavy (non-hydrogen) atoms. The Balaban J connectivity index is 1.86. The third kappa shape index (κ3) is 3.26. The van der Waals surface area contributed by atoms with Crippen molar-refractivity contribution in [3.8, 4) is 0 Å². The summed E-state index contributed by atoms with van der Waals surface area (Å²) >= 11 is 13.1. The van der Waals surface area contributed by atoms with E-state index in [0.717, 1.165) is 5.69 Å². The summed E-state index contributed by atoms with van der Waals surface area (Å²) < 4.78 is 15.3. The van der Waals surface area contributed by atoms with Crippen molar-refractivity contribution in [1.82, 2.24) is 9.78 Å². The molecule has 1 atom stereocenters. The first-order chi connectivity index (χ1) is 11.6. The van der Waals surface area contributed by atoms with Crippen LogP contribution < -0.4 is 5.32 Å². The van der Waals surface area contributed by atoms with E-state index in [9.17, 15) is 9.18 Å². The van der Waals surface area contributed by atoms with Gasteiger partial charge in [-0.3, -0.25) is 9.48 Å². The lowest BCUT2D eigenvalue weighted by Gasteiger charge is -2.13. The van der Waals surface area contributed by atoms with Gasteiger partial charge in [-0.05, 0) is 39.3 Å². The molecule has 1 aromatic heterocycles. The number of rotatable bonds is 4. The molecule has 1 aliphatic carbocycles. The second-order valence-corrected chi connectivity index (χ2v) is 10.7. The van der Waals surface area contributed by atoms with Crippen LogP contribution in [0.4, 0.5) is 10.1 Å². The van der Waals surface area contributed by atoms with E-state index in [4.69, 9.17) is 11.6 Å². The van der Waals surface area contributed by atoms with Crippen molar-refractivity contribution in [2.75, 3.05) is 5.32 Å². The average Bonchev–Trinajstić information content (AvgIpc) is 2.94. The summed E-state index contributed by atoms with van der Waals surface area (Å²) in [4.78, 5) is 12.6. The van der Waals surface area contributed by atoms with Crippen LogP contribution in [0.15, 0.2) is 18.2 Å². The second kappa shape index (κ2) is 6.35. The number of amides is 1. The van der Waals surface area contributed by atoms with Gasteiger partial charge in [0, 0.05) is 10.6 Å². The third-order valence-electron chi connectivity index (χ3n) is 4.75. The molecule has 1 saturated carbocycles. The number of halogens is 4. The molecular formula is C17H17Br2ClFN3O. The lowest BCUT2D eigenvalue weighted by Crippen LogP contribution is -2.26. The molecule has 4 nitrogen and oxygen atoms in total. The fourth-order valence-corrected chi connectivity index (χ4v) is 4.47. The van der Waals surface area contributed by atoms with Crippen molar-refractivity contribution in [1.29, 1.82) is 0 Å². The molecule has 1 N–H and O–H groups in total. The predicted octanol–water partition coefficient (Wildman–Crippen LogP) is 5.18. The molecule has 0 aliphatic heterocycles. The summed E-state index contributed by atoms with van der Waals surface area (Å²) in [6.45, 7) is 5.74. The number of hydrogen-bond acceptors (Lipinski definition) is 2. The Morgan fingerprint density at radius 2 is 2.08 bits per heavy atom. The number of anilines is 1. The van der Waals surface area contributed by atoms with E-state index < -0.39 is 5.41 Å². The number of carbonyl (C=O) groups is 1. The monoisotopic (exact) mass is 491 g/mol. The molecule has 1 amide bonds. The minimum atomic E-state index is -0.525. The molecule has 0 spiro atoms. The standard InChI is InChI=1S/C17H17Br2ClFN3O/c1-9-14(22-15(25)16(3)8-17(16,18)19)10(2)24(23-9)7-11-12(20)5-4-6-13(11)21/h4-6H,7-8H2,1-3H3,(H,22,25)/t16-/m1/s1. The topological polar surface area (TPSA) is 46.9 Å². The maximum Gasteiger partial charge on any atom is 0.232 e. The number of nitrogens with one attached hydrogen (secondary N) is 1. The first kappa shape index (κ1) is 18.9. The quantitative estimate of drug-likeness (QED) is 0.597. The molecule has 1 aromatic carbocycles. The highest BCUT2D eigenvalue weighted by Gasteiger charge is 2.66. The first-order valence-corrected chi connectivity index (χ1v) is 9.69. The lowest BCUT2D eigenvalue weighted by molar-refractivity contribution is -0.120. The normalized spacial score (nSPS) is 21.2. The number of nitrogens with zero attached hydrogens (tertiary/aromatic N) is 2. The number of aromatic nitrogens is 2. The lowest BCUT2D eigenvalue weighted by atomic mass is 10.1. The maximum absolute atomic E-state index is 14.0. The van der Waals surface area contributed by atoms with Gasteiger partial charge < -0.3 is 5.32 Å². The molecule has 2 aromatic rings. The molecule has 0 unspecified atom stereocenters. The van der Waals surface area contributed by atoms with E-state index >= 15 is 0 Å². The highest BCUT2D eigenvalue weighted by atomic mass is 79.9. The highest BCUT2D eigenvalue weighted by Crippen LogP contribution is 2.66. The van der Waals surface area contributed by atoms with E-state index in [1.165, 1.54) is 6.07 Å². The molecular weight excluding hydrogens is 476 g/mol. The number of carbonyl (C=O) groups excluding carboxylic acids is 1. The molecule has 3 rings (SSSR count). The van der Waals surface area contributed by atoms with Crippen LogP contribution >= 0.6 is 43.5 Å². The van der Waals surface area contributed by atoms with E-state index in [0.29, 0.717) is 28.4 Å². The molecule has 134 valence electrons. The van der Waals surface area contributed by atoms with Gasteiger partial charge in [-0.15, -0.1) is 0 Å². The van der Waals surface area contributed by atoms with E-state index in [-0.39, 0.29) is 21.5 Å². The van der Waals surface area contributed by atoms with E-state index in [1.807, 2.05) is 20.8 Å². The summed E-state index contributed by atoms with van der Waals surface area (Å²) in [7, 11) is 0. The maximum atomic E-state index is 14.0. The van der Waals surface area contributed by atoms with E-state index in [2.05, 4.69) is 42.3 Å². The van der Waals surface area contributed by atoms with Gasteiger partial charge in [-0.2, -0.15) is 5.10 Å². The Bertz CT molecular complexity index is 848. The van der Waals surface area contributed by atoms with Gasteiger partial charge in [0.05, 0.1) is 32.3 Å². The van der Waals surface area contributed by atoms with Gasteiger partial charge in [0.15, 0.2) is 0 Å². The molecule has 1 aliphatic rings. The SMILES string of the molecule is Cc1nn(Cc2c(F)cccc2Cl)c(C)c1NC(=O)[C@@]1(C)CC1(Br)Br. The minimum absolute atomic E-state index is 0.0871. The van der Waals surface area contributed by atoms with Gasteiger partial charge in [0.2, 0.25) is 5.91 Å². The minimum Gasteiger partial charge on any atom is -0.322 e. The van der Waals surface area contributed by atoms with Crippen molar-refractivity contribution < 1.29 is 9.18 Å². The van der Waals surface area contributed by atoms with Gasteiger partial charge in [-0.1, -0.05) is 49.5 Å². The van der Waals surface area contributed by atoms with Crippen LogP contribution in [0.1, 0.15) is 30.3 Å². The number of benzene rings is 1. The van der Waals surface area contributed by atoms with Crippen LogP contribution in [0.3, 0.4) is 0 Å². The Labute approximate surface area is 167 Å². The smallest absolute Gasteiger partial charge is 0.232 e. The fourth-order valence-electron chi connectivity index (χ4n) is 2.76.